The average molecular weight is 559 g/mol. The predicted molar refractivity (Wildman–Crippen MR) is 156 cm³/mol. The molecule has 4 N–H and O–H groups in total. The summed E-state index contributed by atoms with van der Waals surface area (Å²) in [5.74, 6) is -0.335. The molecule has 0 spiro atoms. The van der Waals surface area contributed by atoms with Crippen LogP contribution in [0.15, 0.2) is 59.7 Å². The molecule has 0 bridgehead atoms. The number of amides is 1. The summed E-state index contributed by atoms with van der Waals surface area (Å²) in [5.41, 5.74) is 7.30. The Balaban J connectivity index is 1.44. The van der Waals surface area contributed by atoms with Crippen molar-refractivity contribution in [2.45, 2.75) is 25.7 Å². The lowest BCUT2D eigenvalue weighted by Gasteiger charge is -2.20. The predicted octanol–water partition coefficient (Wildman–Crippen LogP) is 2.13. The first-order valence-electron chi connectivity index (χ1n) is 13.7. The van der Waals surface area contributed by atoms with Crippen LogP contribution in [0.25, 0.3) is 16.7 Å². The number of aliphatic hydroxyl groups excluding tert-OH is 2. The van der Waals surface area contributed by atoms with Crippen LogP contribution in [0.1, 0.15) is 33.5 Å². The summed E-state index contributed by atoms with van der Waals surface area (Å²) in [6.45, 7) is 1.88. The molecule has 2 aromatic heterocycles. The Hall–Kier alpha value is -4.16. The Morgan fingerprint density at radius 3 is 2.54 bits per heavy atom. The second-order valence-corrected chi connectivity index (χ2v) is 9.98. The number of anilines is 2. The summed E-state index contributed by atoms with van der Waals surface area (Å²) in [7, 11) is 1.31. The van der Waals surface area contributed by atoms with Crippen LogP contribution in [-0.4, -0.2) is 75.5 Å². The molecule has 11 heteroatoms. The summed E-state index contributed by atoms with van der Waals surface area (Å²) >= 11 is 0. The molecule has 1 aliphatic rings. The number of aromatic nitrogens is 3. The number of pyridine rings is 1. The lowest BCUT2D eigenvalue weighted by atomic mass is 10.1. The largest absolute Gasteiger partial charge is 0.395 e. The van der Waals surface area contributed by atoms with Crippen molar-refractivity contribution in [3.8, 4) is 5.69 Å². The molecule has 214 valence electrons. The van der Waals surface area contributed by atoms with Crippen LogP contribution >= 0.6 is 0 Å². The van der Waals surface area contributed by atoms with Crippen LogP contribution in [0.2, 0.25) is 0 Å². The number of rotatable bonds is 12. The van der Waals surface area contributed by atoms with Gasteiger partial charge >= 0.3 is 0 Å². The van der Waals surface area contributed by atoms with E-state index >= 15 is 0 Å². The third-order valence-electron chi connectivity index (χ3n) is 7.30. The van der Waals surface area contributed by atoms with Crippen LogP contribution in [-0.2, 0) is 24.1 Å². The smallest absolute Gasteiger partial charge is 0.280 e. The van der Waals surface area contributed by atoms with Crippen molar-refractivity contribution < 1.29 is 19.8 Å². The summed E-state index contributed by atoms with van der Waals surface area (Å²) in [4.78, 5) is 41.7. The molecular weight excluding hydrogens is 524 g/mol. The van der Waals surface area contributed by atoms with Crippen molar-refractivity contribution in [1.82, 2.24) is 24.9 Å². The van der Waals surface area contributed by atoms with E-state index in [1.165, 1.54) is 30.6 Å². The third kappa shape index (κ3) is 6.44. The molecule has 0 fully saturated rings. The molecule has 41 heavy (non-hydrogen) atoms. The Bertz CT molecular complexity index is 1580. The Morgan fingerprint density at radius 1 is 1.05 bits per heavy atom. The molecule has 2 heterocycles. The fourth-order valence-electron chi connectivity index (χ4n) is 5.17. The molecule has 1 aliphatic carbocycles. The van der Waals surface area contributed by atoms with E-state index in [-0.39, 0.29) is 24.2 Å². The highest BCUT2D eigenvalue weighted by molar-refractivity contribution is 5.96. The first-order valence-corrected chi connectivity index (χ1v) is 13.7. The van der Waals surface area contributed by atoms with Gasteiger partial charge in [-0.25, -0.2) is 10.5 Å². The molecule has 4 aromatic rings. The van der Waals surface area contributed by atoms with Crippen molar-refractivity contribution in [1.29, 1.82) is 0 Å². The number of aryl methyl sites for hydroxylation is 2. The van der Waals surface area contributed by atoms with E-state index in [9.17, 15) is 19.8 Å². The molecule has 0 unspecified atom stereocenters. The number of benzene rings is 2. The van der Waals surface area contributed by atoms with Gasteiger partial charge in [-0.2, -0.15) is 4.98 Å². The van der Waals surface area contributed by atoms with E-state index in [0.29, 0.717) is 24.7 Å². The third-order valence-corrected chi connectivity index (χ3v) is 7.30. The Morgan fingerprint density at radius 2 is 1.80 bits per heavy atom. The van der Waals surface area contributed by atoms with Crippen LogP contribution in [0, 0.1) is 0 Å². The average Bonchev–Trinajstić information content (AvgIpc) is 3.45. The second-order valence-electron chi connectivity index (χ2n) is 9.98. The van der Waals surface area contributed by atoms with E-state index in [1.54, 1.807) is 4.57 Å². The van der Waals surface area contributed by atoms with Crippen LogP contribution in [0.5, 0.6) is 0 Å². The molecule has 0 saturated heterocycles. The van der Waals surface area contributed by atoms with E-state index < -0.39 is 11.3 Å². The molecule has 0 aliphatic heterocycles. The number of hydrogen-bond donors (Lipinski definition) is 4. The van der Waals surface area contributed by atoms with Gasteiger partial charge in [0.05, 0.1) is 25.7 Å². The van der Waals surface area contributed by atoms with Crippen molar-refractivity contribution in [2.24, 2.45) is 0 Å². The number of carbonyl (C=O) groups excluding carboxylic acids is 1. The van der Waals surface area contributed by atoms with Gasteiger partial charge in [0.15, 0.2) is 5.65 Å². The fraction of sp³-hybridized carbons (Fsp3) is 0.333. The summed E-state index contributed by atoms with van der Waals surface area (Å²) in [6, 6.07) is 14.0. The SMILES string of the molecule is CONC(=O)c1cn(-c2ccc3c(c2)CCC3)c2nc(Nc3ccc(CCN(CCO)CCO)cc3)ncc2c1=O. The molecule has 0 saturated carbocycles. The van der Waals surface area contributed by atoms with E-state index in [0.717, 1.165) is 49.2 Å². The molecule has 11 nitrogen and oxygen atoms in total. The Kier molecular flexibility index (Phi) is 9.00. The van der Waals surface area contributed by atoms with Crippen LogP contribution < -0.4 is 16.2 Å². The number of hydroxylamine groups is 1. The van der Waals surface area contributed by atoms with Gasteiger partial charge in [-0.3, -0.25) is 19.3 Å². The normalized spacial score (nSPS) is 12.6. The number of aliphatic hydroxyl groups is 2. The van der Waals surface area contributed by atoms with Gasteiger partial charge in [0, 0.05) is 43.4 Å². The molecular formula is C30H34N6O5. The second kappa shape index (κ2) is 13.0. The molecule has 1 amide bonds. The number of nitrogens with one attached hydrogen (secondary N) is 2. The van der Waals surface area contributed by atoms with E-state index in [4.69, 9.17) is 9.82 Å². The maximum atomic E-state index is 13.3. The van der Waals surface area contributed by atoms with Crippen molar-refractivity contribution in [2.75, 3.05) is 45.3 Å². The van der Waals surface area contributed by atoms with Crippen LogP contribution in [0.3, 0.4) is 0 Å². The van der Waals surface area contributed by atoms with Crippen LogP contribution in [0.4, 0.5) is 11.6 Å². The van der Waals surface area contributed by atoms with Crippen molar-refractivity contribution >= 4 is 28.6 Å². The topological polar surface area (TPSA) is 142 Å². The summed E-state index contributed by atoms with van der Waals surface area (Å²) < 4.78 is 1.75. The Labute approximate surface area is 237 Å². The molecule has 5 rings (SSSR count). The fourth-order valence-corrected chi connectivity index (χ4v) is 5.17. The van der Waals surface area contributed by atoms with Gasteiger partial charge in [-0.15, -0.1) is 0 Å². The first kappa shape index (κ1) is 28.4. The zero-order chi connectivity index (χ0) is 28.8. The van der Waals surface area contributed by atoms with Gasteiger partial charge < -0.3 is 20.1 Å². The minimum atomic E-state index is -0.646. The number of carbonyl (C=O) groups is 1. The van der Waals surface area contributed by atoms with Crippen molar-refractivity contribution in [3.05, 3.63) is 87.3 Å². The van der Waals surface area contributed by atoms with Gasteiger partial charge in [-0.05, 0) is 66.6 Å². The van der Waals surface area contributed by atoms with Gasteiger partial charge in [-0.1, -0.05) is 18.2 Å². The standard InChI is InChI=1S/C30H34N6O5/c1-41-34-29(40)26-19-36(24-10-7-21-3-2-4-22(21)17-24)28-25(27(26)39)18-31-30(33-28)32-23-8-5-20(6-9-23)11-12-35(13-15-37)14-16-38/h5-10,17-19,37-38H,2-4,11-16H2,1H3,(H,34,40)(H,31,32,33). The zero-order valence-corrected chi connectivity index (χ0v) is 23.0. The molecule has 0 radical (unpaired) electrons. The van der Waals surface area contributed by atoms with E-state index in [2.05, 4.69) is 27.9 Å². The minimum absolute atomic E-state index is 0.0522. The number of nitrogens with zero attached hydrogens (tertiary/aromatic N) is 4. The highest BCUT2D eigenvalue weighted by Gasteiger charge is 2.19. The molecule has 2 aromatic carbocycles. The van der Waals surface area contributed by atoms with Gasteiger partial charge in [0.1, 0.15) is 5.56 Å². The monoisotopic (exact) mass is 558 g/mol. The minimum Gasteiger partial charge on any atom is -0.395 e. The molecule has 0 atom stereocenters. The first-order chi connectivity index (χ1) is 20.0. The maximum absolute atomic E-state index is 13.3. The van der Waals surface area contributed by atoms with E-state index in [1.807, 2.05) is 35.2 Å². The summed E-state index contributed by atoms with van der Waals surface area (Å²) in [6.07, 6.45) is 6.84. The lowest BCUT2D eigenvalue weighted by molar-refractivity contribution is 0.0536. The van der Waals surface area contributed by atoms with Gasteiger partial charge in [0.2, 0.25) is 11.4 Å². The highest BCUT2D eigenvalue weighted by atomic mass is 16.6. The highest BCUT2D eigenvalue weighted by Crippen LogP contribution is 2.26. The van der Waals surface area contributed by atoms with Gasteiger partial charge in [0.25, 0.3) is 5.91 Å². The number of hydrogen-bond acceptors (Lipinski definition) is 9. The lowest BCUT2D eigenvalue weighted by Crippen LogP contribution is -2.31. The van der Waals surface area contributed by atoms with Crippen molar-refractivity contribution in [3.63, 3.8) is 0 Å². The maximum Gasteiger partial charge on any atom is 0.280 e. The number of fused-ring (bicyclic) bond motifs is 2. The summed E-state index contributed by atoms with van der Waals surface area (Å²) in [5, 5.41) is 21.8. The quantitative estimate of drug-likeness (QED) is 0.192. The zero-order valence-electron chi connectivity index (χ0n) is 23.0.